The summed E-state index contributed by atoms with van der Waals surface area (Å²) in [7, 11) is 0. The molecule has 0 bridgehead atoms. The molecule has 17 heavy (non-hydrogen) atoms. The Labute approximate surface area is 108 Å². The van der Waals surface area contributed by atoms with E-state index in [0.29, 0.717) is 12.1 Å². The first-order chi connectivity index (χ1) is 7.65. The van der Waals surface area contributed by atoms with Crippen molar-refractivity contribution in [2.24, 2.45) is 5.92 Å². The average molecular weight is 240 g/mol. The summed E-state index contributed by atoms with van der Waals surface area (Å²) in [4.78, 5) is 0. The highest BCUT2D eigenvalue weighted by atomic mass is 15.1. The number of piperidine rings is 1. The molecule has 2 N–H and O–H groups in total. The van der Waals surface area contributed by atoms with Crippen molar-refractivity contribution in [1.82, 2.24) is 10.6 Å². The minimum Gasteiger partial charge on any atom is -0.311 e. The smallest absolute Gasteiger partial charge is 0.0144 e. The summed E-state index contributed by atoms with van der Waals surface area (Å²) in [5.41, 5.74) is 0.489. The van der Waals surface area contributed by atoms with Crippen molar-refractivity contribution < 1.29 is 0 Å². The zero-order chi connectivity index (χ0) is 13.3. The molecule has 0 aromatic carbocycles. The van der Waals surface area contributed by atoms with E-state index in [1.54, 1.807) is 0 Å². The fraction of sp³-hybridized carbons (Fsp3) is 1.00. The molecule has 1 saturated heterocycles. The molecule has 0 radical (unpaired) electrons. The van der Waals surface area contributed by atoms with Crippen LogP contribution in [0.2, 0.25) is 0 Å². The highest BCUT2D eigenvalue weighted by Gasteiger charge is 2.37. The fourth-order valence-corrected chi connectivity index (χ4v) is 3.33. The van der Waals surface area contributed by atoms with Gasteiger partial charge in [-0.1, -0.05) is 20.3 Å². The number of rotatable bonds is 4. The first kappa shape index (κ1) is 15.0. The van der Waals surface area contributed by atoms with Gasteiger partial charge in [0.15, 0.2) is 0 Å². The molecule has 1 fully saturated rings. The van der Waals surface area contributed by atoms with Crippen LogP contribution < -0.4 is 10.6 Å². The SMILES string of the molecule is CCC(C)C(C)NC1CC(C)(C)NC(C)(C)C1. The van der Waals surface area contributed by atoms with E-state index in [0.717, 1.165) is 5.92 Å². The lowest BCUT2D eigenvalue weighted by Crippen LogP contribution is -2.62. The van der Waals surface area contributed by atoms with E-state index in [1.807, 2.05) is 0 Å². The van der Waals surface area contributed by atoms with Gasteiger partial charge in [-0.05, 0) is 53.4 Å². The molecule has 2 atom stereocenters. The van der Waals surface area contributed by atoms with Crippen molar-refractivity contribution in [1.29, 1.82) is 0 Å². The molecule has 0 amide bonds. The maximum absolute atomic E-state index is 3.84. The minimum absolute atomic E-state index is 0.245. The molecule has 1 rings (SSSR count). The van der Waals surface area contributed by atoms with Gasteiger partial charge in [0.2, 0.25) is 0 Å². The van der Waals surface area contributed by atoms with E-state index < -0.39 is 0 Å². The Morgan fingerprint density at radius 3 is 2.00 bits per heavy atom. The lowest BCUT2D eigenvalue weighted by molar-refractivity contribution is 0.135. The van der Waals surface area contributed by atoms with Gasteiger partial charge in [0.05, 0.1) is 0 Å². The predicted octanol–water partition coefficient (Wildman–Crippen LogP) is 3.32. The van der Waals surface area contributed by atoms with Gasteiger partial charge < -0.3 is 10.6 Å². The Balaban J connectivity index is 2.59. The normalized spacial score (nSPS) is 27.7. The van der Waals surface area contributed by atoms with Crippen LogP contribution in [-0.2, 0) is 0 Å². The lowest BCUT2D eigenvalue weighted by Gasteiger charge is -2.47. The molecule has 102 valence electrons. The van der Waals surface area contributed by atoms with Gasteiger partial charge in [-0.25, -0.2) is 0 Å². The van der Waals surface area contributed by atoms with Gasteiger partial charge >= 0.3 is 0 Å². The topological polar surface area (TPSA) is 24.1 Å². The molecule has 1 aliphatic heterocycles. The maximum Gasteiger partial charge on any atom is 0.0144 e. The van der Waals surface area contributed by atoms with Gasteiger partial charge in [-0.15, -0.1) is 0 Å². The quantitative estimate of drug-likeness (QED) is 0.788. The number of nitrogens with one attached hydrogen (secondary N) is 2. The largest absolute Gasteiger partial charge is 0.311 e. The third-order valence-electron chi connectivity index (χ3n) is 4.19. The van der Waals surface area contributed by atoms with E-state index in [-0.39, 0.29) is 11.1 Å². The molecule has 0 aromatic rings. The zero-order valence-electron chi connectivity index (χ0n) is 12.9. The highest BCUT2D eigenvalue weighted by Crippen LogP contribution is 2.29. The Kier molecular flexibility index (Phi) is 4.65. The molecule has 2 heteroatoms. The summed E-state index contributed by atoms with van der Waals surface area (Å²) >= 11 is 0. The Hall–Kier alpha value is -0.0800. The van der Waals surface area contributed by atoms with Crippen LogP contribution in [0.1, 0.15) is 67.7 Å². The number of hydrogen-bond acceptors (Lipinski definition) is 2. The Morgan fingerprint density at radius 1 is 1.12 bits per heavy atom. The molecule has 1 heterocycles. The van der Waals surface area contributed by atoms with E-state index in [2.05, 4.69) is 59.1 Å². The van der Waals surface area contributed by atoms with Gasteiger partial charge in [0, 0.05) is 23.2 Å². The van der Waals surface area contributed by atoms with E-state index in [4.69, 9.17) is 0 Å². The van der Waals surface area contributed by atoms with Crippen LogP contribution >= 0.6 is 0 Å². The van der Waals surface area contributed by atoms with Gasteiger partial charge in [0.1, 0.15) is 0 Å². The molecule has 2 unspecified atom stereocenters. The lowest BCUT2D eigenvalue weighted by atomic mass is 9.79. The van der Waals surface area contributed by atoms with Crippen molar-refractivity contribution >= 4 is 0 Å². The highest BCUT2D eigenvalue weighted by molar-refractivity contribution is 5.00. The summed E-state index contributed by atoms with van der Waals surface area (Å²) in [5, 5.41) is 7.58. The Bertz CT molecular complexity index is 229. The second kappa shape index (κ2) is 5.27. The van der Waals surface area contributed by atoms with Crippen LogP contribution in [0.15, 0.2) is 0 Å². The van der Waals surface area contributed by atoms with Gasteiger partial charge in [-0.3, -0.25) is 0 Å². The van der Waals surface area contributed by atoms with Crippen molar-refractivity contribution in [3.63, 3.8) is 0 Å². The van der Waals surface area contributed by atoms with Crippen LogP contribution in [0, 0.1) is 5.92 Å². The second-order valence-electron chi connectivity index (χ2n) is 7.34. The molecule has 0 spiro atoms. The monoisotopic (exact) mass is 240 g/mol. The summed E-state index contributed by atoms with van der Waals surface area (Å²) in [6.45, 7) is 16.2. The van der Waals surface area contributed by atoms with E-state index in [9.17, 15) is 0 Å². The first-order valence-electron chi connectivity index (χ1n) is 7.20. The third kappa shape index (κ3) is 4.59. The molecular weight excluding hydrogens is 208 g/mol. The predicted molar refractivity (Wildman–Crippen MR) is 76.4 cm³/mol. The van der Waals surface area contributed by atoms with Crippen molar-refractivity contribution in [3.05, 3.63) is 0 Å². The van der Waals surface area contributed by atoms with E-state index >= 15 is 0 Å². The second-order valence-corrected chi connectivity index (χ2v) is 7.34. The van der Waals surface area contributed by atoms with Crippen LogP contribution in [0.5, 0.6) is 0 Å². The van der Waals surface area contributed by atoms with Gasteiger partial charge in [-0.2, -0.15) is 0 Å². The molecule has 0 aromatic heterocycles. The standard InChI is InChI=1S/C15H32N2/c1-8-11(2)12(3)16-13-9-14(4,5)17-15(6,7)10-13/h11-13,16-17H,8-10H2,1-7H3. The summed E-state index contributed by atoms with van der Waals surface area (Å²) < 4.78 is 0. The Morgan fingerprint density at radius 2 is 1.59 bits per heavy atom. The van der Waals surface area contributed by atoms with Crippen LogP contribution in [0.4, 0.5) is 0 Å². The van der Waals surface area contributed by atoms with Crippen molar-refractivity contribution in [2.75, 3.05) is 0 Å². The number of hydrogen-bond donors (Lipinski definition) is 2. The van der Waals surface area contributed by atoms with Crippen molar-refractivity contribution in [2.45, 2.75) is 90.9 Å². The van der Waals surface area contributed by atoms with Crippen LogP contribution in [0.25, 0.3) is 0 Å². The third-order valence-corrected chi connectivity index (χ3v) is 4.19. The summed E-state index contributed by atoms with van der Waals surface area (Å²) in [6, 6.07) is 1.26. The average Bonchev–Trinajstić information content (AvgIpc) is 2.11. The van der Waals surface area contributed by atoms with Crippen LogP contribution in [0.3, 0.4) is 0 Å². The van der Waals surface area contributed by atoms with Gasteiger partial charge in [0.25, 0.3) is 0 Å². The molecule has 0 saturated carbocycles. The molecule has 1 aliphatic rings. The fourth-order valence-electron chi connectivity index (χ4n) is 3.33. The molecule has 0 aliphatic carbocycles. The minimum atomic E-state index is 0.245. The maximum atomic E-state index is 3.84. The van der Waals surface area contributed by atoms with Crippen LogP contribution in [-0.4, -0.2) is 23.2 Å². The van der Waals surface area contributed by atoms with Crippen molar-refractivity contribution in [3.8, 4) is 0 Å². The summed E-state index contributed by atoms with van der Waals surface area (Å²) in [5.74, 6) is 0.760. The first-order valence-corrected chi connectivity index (χ1v) is 7.20. The summed E-state index contributed by atoms with van der Waals surface area (Å²) in [6.07, 6.45) is 3.69. The molecule has 2 nitrogen and oxygen atoms in total. The molecular formula is C15H32N2. The zero-order valence-corrected chi connectivity index (χ0v) is 12.9. The van der Waals surface area contributed by atoms with E-state index in [1.165, 1.54) is 19.3 Å².